The summed E-state index contributed by atoms with van der Waals surface area (Å²) in [6, 6.07) is 13.5. The third kappa shape index (κ3) is 3.81. The molecule has 114 valence electrons. The molecule has 0 radical (unpaired) electrons. The lowest BCUT2D eigenvalue weighted by molar-refractivity contribution is 0.174. The molecule has 2 aromatic carbocycles. The molecule has 2 N–H and O–H groups in total. The Morgan fingerprint density at radius 3 is 2.50 bits per heavy atom. The van der Waals surface area contributed by atoms with E-state index in [1.54, 1.807) is 0 Å². The molecule has 0 fully saturated rings. The number of nitrogens with one attached hydrogen (secondary N) is 2. The van der Waals surface area contributed by atoms with Crippen molar-refractivity contribution in [3.05, 3.63) is 58.6 Å². The molecule has 0 aliphatic carbocycles. The van der Waals surface area contributed by atoms with Crippen molar-refractivity contribution in [2.75, 3.05) is 6.79 Å². The Labute approximate surface area is 139 Å². The summed E-state index contributed by atoms with van der Waals surface area (Å²) in [6.45, 7) is 1.54. The Morgan fingerprint density at radius 2 is 1.73 bits per heavy atom. The van der Waals surface area contributed by atoms with E-state index in [-0.39, 0.29) is 6.79 Å². The summed E-state index contributed by atoms with van der Waals surface area (Å²) in [7, 11) is 0. The highest BCUT2D eigenvalue weighted by atomic mass is 35.5. The van der Waals surface area contributed by atoms with E-state index in [0.717, 1.165) is 27.6 Å². The molecule has 0 unspecified atom stereocenters. The SMILES string of the molecule is S=C(NCc1cccc(Cl)c1)NCc1ccc2c(c1)OCO2. The average Bonchev–Trinajstić information content (AvgIpc) is 2.98. The van der Waals surface area contributed by atoms with E-state index in [0.29, 0.717) is 18.2 Å². The van der Waals surface area contributed by atoms with Gasteiger partial charge in [-0.3, -0.25) is 0 Å². The van der Waals surface area contributed by atoms with Gasteiger partial charge in [0.2, 0.25) is 6.79 Å². The number of rotatable bonds is 4. The molecule has 1 aliphatic heterocycles. The van der Waals surface area contributed by atoms with E-state index in [1.165, 1.54) is 0 Å². The monoisotopic (exact) mass is 334 g/mol. The Bertz CT molecular complexity index is 694. The van der Waals surface area contributed by atoms with Crippen LogP contribution in [0.3, 0.4) is 0 Å². The standard InChI is InChI=1S/C16H15ClN2O2S/c17-13-3-1-2-11(6-13)8-18-16(22)19-9-12-4-5-14-15(7-12)21-10-20-14/h1-7H,8-10H2,(H2,18,19,22). The summed E-state index contributed by atoms with van der Waals surface area (Å²) in [6.07, 6.45) is 0. The molecule has 0 aromatic heterocycles. The summed E-state index contributed by atoms with van der Waals surface area (Å²) in [5.41, 5.74) is 2.16. The van der Waals surface area contributed by atoms with Gasteiger partial charge in [-0.25, -0.2) is 0 Å². The maximum atomic E-state index is 5.95. The lowest BCUT2D eigenvalue weighted by Gasteiger charge is -2.11. The van der Waals surface area contributed by atoms with Crippen molar-refractivity contribution in [1.82, 2.24) is 10.6 Å². The second-order valence-corrected chi connectivity index (χ2v) is 5.70. The van der Waals surface area contributed by atoms with Gasteiger partial charge in [-0.15, -0.1) is 0 Å². The Morgan fingerprint density at radius 1 is 1.00 bits per heavy atom. The van der Waals surface area contributed by atoms with Gasteiger partial charge in [0, 0.05) is 18.1 Å². The van der Waals surface area contributed by atoms with Crippen LogP contribution in [-0.2, 0) is 13.1 Å². The molecular weight excluding hydrogens is 320 g/mol. The highest BCUT2D eigenvalue weighted by Gasteiger charge is 2.12. The molecule has 4 nitrogen and oxygen atoms in total. The van der Waals surface area contributed by atoms with Gasteiger partial charge in [0.1, 0.15) is 0 Å². The van der Waals surface area contributed by atoms with Gasteiger partial charge < -0.3 is 20.1 Å². The minimum atomic E-state index is 0.284. The first-order valence-corrected chi connectivity index (χ1v) is 7.64. The zero-order valence-electron chi connectivity index (χ0n) is 11.8. The predicted molar refractivity (Wildman–Crippen MR) is 90.3 cm³/mol. The van der Waals surface area contributed by atoms with Crippen molar-refractivity contribution in [3.8, 4) is 11.5 Å². The minimum absolute atomic E-state index is 0.284. The van der Waals surface area contributed by atoms with E-state index in [9.17, 15) is 0 Å². The van der Waals surface area contributed by atoms with E-state index in [4.69, 9.17) is 33.3 Å². The Hall–Kier alpha value is -1.98. The Balaban J connectivity index is 1.48. The number of halogens is 1. The van der Waals surface area contributed by atoms with Crippen LogP contribution in [0, 0.1) is 0 Å². The largest absolute Gasteiger partial charge is 0.454 e. The number of hydrogen-bond acceptors (Lipinski definition) is 3. The number of fused-ring (bicyclic) bond motifs is 1. The molecule has 0 amide bonds. The molecule has 1 aliphatic rings. The maximum absolute atomic E-state index is 5.95. The van der Waals surface area contributed by atoms with Crippen molar-refractivity contribution in [2.45, 2.75) is 13.1 Å². The molecule has 1 heterocycles. The topological polar surface area (TPSA) is 42.5 Å². The molecule has 6 heteroatoms. The van der Waals surface area contributed by atoms with Gasteiger partial charge >= 0.3 is 0 Å². The lowest BCUT2D eigenvalue weighted by Crippen LogP contribution is -2.34. The zero-order valence-corrected chi connectivity index (χ0v) is 13.3. The van der Waals surface area contributed by atoms with Crippen molar-refractivity contribution < 1.29 is 9.47 Å². The first-order chi connectivity index (χ1) is 10.7. The van der Waals surface area contributed by atoms with Crippen molar-refractivity contribution in [2.24, 2.45) is 0 Å². The number of ether oxygens (including phenoxy) is 2. The van der Waals surface area contributed by atoms with Crippen LogP contribution >= 0.6 is 23.8 Å². The molecule has 0 spiro atoms. The molecule has 22 heavy (non-hydrogen) atoms. The lowest BCUT2D eigenvalue weighted by atomic mass is 10.2. The summed E-state index contributed by atoms with van der Waals surface area (Å²) in [4.78, 5) is 0. The normalized spacial score (nSPS) is 12.0. The van der Waals surface area contributed by atoms with E-state index in [2.05, 4.69) is 10.6 Å². The van der Waals surface area contributed by atoms with Gasteiger partial charge in [0.15, 0.2) is 16.6 Å². The van der Waals surface area contributed by atoms with Gasteiger partial charge in [-0.2, -0.15) is 0 Å². The third-order valence-corrected chi connectivity index (χ3v) is 3.76. The third-order valence-electron chi connectivity index (χ3n) is 3.23. The molecule has 0 atom stereocenters. The highest BCUT2D eigenvalue weighted by molar-refractivity contribution is 7.80. The fourth-order valence-corrected chi connectivity index (χ4v) is 2.48. The summed E-state index contributed by atoms with van der Waals surface area (Å²) < 4.78 is 10.6. The van der Waals surface area contributed by atoms with Crippen LogP contribution in [0.15, 0.2) is 42.5 Å². The van der Waals surface area contributed by atoms with E-state index < -0.39 is 0 Å². The zero-order chi connectivity index (χ0) is 15.4. The first-order valence-electron chi connectivity index (χ1n) is 6.85. The summed E-state index contributed by atoms with van der Waals surface area (Å²) >= 11 is 11.2. The molecular formula is C16H15ClN2O2S. The number of hydrogen-bond donors (Lipinski definition) is 2. The van der Waals surface area contributed by atoms with Gasteiger partial charge in [-0.05, 0) is 47.6 Å². The van der Waals surface area contributed by atoms with Gasteiger partial charge in [-0.1, -0.05) is 29.8 Å². The molecule has 0 saturated heterocycles. The molecule has 2 aromatic rings. The van der Waals surface area contributed by atoms with Crippen LogP contribution in [0.4, 0.5) is 0 Å². The number of thiocarbonyl (C=S) groups is 1. The second-order valence-electron chi connectivity index (χ2n) is 4.85. The smallest absolute Gasteiger partial charge is 0.231 e. The van der Waals surface area contributed by atoms with Crippen LogP contribution in [-0.4, -0.2) is 11.9 Å². The quantitative estimate of drug-likeness (QED) is 0.840. The Kier molecular flexibility index (Phi) is 4.65. The molecule has 0 saturated carbocycles. The van der Waals surface area contributed by atoms with Crippen LogP contribution in [0.1, 0.15) is 11.1 Å². The highest BCUT2D eigenvalue weighted by Crippen LogP contribution is 2.32. The fourth-order valence-electron chi connectivity index (χ4n) is 2.13. The van der Waals surface area contributed by atoms with Crippen LogP contribution < -0.4 is 20.1 Å². The summed E-state index contributed by atoms with van der Waals surface area (Å²) in [5, 5.41) is 7.64. The van der Waals surface area contributed by atoms with Gasteiger partial charge in [0.05, 0.1) is 0 Å². The van der Waals surface area contributed by atoms with Crippen molar-refractivity contribution in [1.29, 1.82) is 0 Å². The first kappa shape index (κ1) is 14.9. The van der Waals surface area contributed by atoms with Crippen LogP contribution in [0.25, 0.3) is 0 Å². The van der Waals surface area contributed by atoms with E-state index in [1.807, 2.05) is 42.5 Å². The minimum Gasteiger partial charge on any atom is -0.454 e. The second kappa shape index (κ2) is 6.85. The van der Waals surface area contributed by atoms with Crippen molar-refractivity contribution in [3.63, 3.8) is 0 Å². The maximum Gasteiger partial charge on any atom is 0.231 e. The van der Waals surface area contributed by atoms with Crippen LogP contribution in [0.5, 0.6) is 11.5 Å². The number of benzene rings is 2. The fraction of sp³-hybridized carbons (Fsp3) is 0.188. The summed E-state index contributed by atoms with van der Waals surface area (Å²) in [5.74, 6) is 1.56. The van der Waals surface area contributed by atoms with E-state index >= 15 is 0 Å². The predicted octanol–water partition coefficient (Wildman–Crippen LogP) is 3.23. The van der Waals surface area contributed by atoms with Crippen molar-refractivity contribution >= 4 is 28.9 Å². The van der Waals surface area contributed by atoms with Crippen LogP contribution in [0.2, 0.25) is 5.02 Å². The molecule has 3 rings (SSSR count). The molecule has 0 bridgehead atoms. The average molecular weight is 335 g/mol. The van der Waals surface area contributed by atoms with Gasteiger partial charge in [0.25, 0.3) is 0 Å².